The van der Waals surface area contributed by atoms with Gasteiger partial charge in [0.15, 0.2) is 5.11 Å². The van der Waals surface area contributed by atoms with Crippen molar-refractivity contribution in [3.63, 3.8) is 0 Å². The number of carbonyl (C=O) groups is 1. The summed E-state index contributed by atoms with van der Waals surface area (Å²) in [6.45, 7) is 2.57. The van der Waals surface area contributed by atoms with Crippen LogP contribution < -0.4 is 20.9 Å². The lowest BCUT2D eigenvalue weighted by atomic mass is 9.78. The van der Waals surface area contributed by atoms with Gasteiger partial charge in [0.05, 0.1) is 10.7 Å². The van der Waals surface area contributed by atoms with Crippen molar-refractivity contribution in [2.24, 2.45) is 5.92 Å². The molecule has 3 N–H and O–H groups in total. The molecule has 164 valence electrons. The lowest BCUT2D eigenvalue weighted by molar-refractivity contribution is -0.114. The van der Waals surface area contributed by atoms with Crippen molar-refractivity contribution in [2.75, 3.05) is 27.4 Å². The smallest absolute Gasteiger partial charge is 0.221 e. The van der Waals surface area contributed by atoms with E-state index in [0.29, 0.717) is 11.2 Å². The average molecular weight is 457 g/mol. The number of piperidine rings is 1. The second-order valence-corrected chi connectivity index (χ2v) is 9.27. The van der Waals surface area contributed by atoms with Crippen LogP contribution in [0.1, 0.15) is 45.4 Å². The van der Waals surface area contributed by atoms with Crippen LogP contribution in [0.15, 0.2) is 42.5 Å². The summed E-state index contributed by atoms with van der Waals surface area (Å²) in [7, 11) is 0. The lowest BCUT2D eigenvalue weighted by Crippen LogP contribution is -2.47. The molecule has 0 spiro atoms. The summed E-state index contributed by atoms with van der Waals surface area (Å²) in [5, 5.41) is 10.4. The Morgan fingerprint density at radius 1 is 0.935 bits per heavy atom. The standard InChI is InChI=1S/C24H29ClN4OS/c1-16(30)26-18-8-10-19(11-9-18)27-24(31)28-20-12-13-23(21(25)15-20)29-14-4-6-17-5-2-3-7-22(17)29/h8-13,15,17,22H,2-7,14H2,1H3,(H,26,30)(H2,27,28,31). The largest absolute Gasteiger partial charge is 0.367 e. The monoisotopic (exact) mass is 456 g/mol. The second kappa shape index (κ2) is 9.88. The van der Waals surface area contributed by atoms with E-state index in [1.165, 1.54) is 45.4 Å². The molecular weight excluding hydrogens is 428 g/mol. The minimum atomic E-state index is -0.0956. The summed E-state index contributed by atoms with van der Waals surface area (Å²) in [5.74, 6) is 0.715. The van der Waals surface area contributed by atoms with Crippen molar-refractivity contribution in [1.29, 1.82) is 0 Å². The fraction of sp³-hybridized carbons (Fsp3) is 0.417. The zero-order valence-corrected chi connectivity index (χ0v) is 19.4. The first-order chi connectivity index (χ1) is 15.0. The molecule has 1 saturated carbocycles. The highest BCUT2D eigenvalue weighted by Gasteiger charge is 2.34. The average Bonchev–Trinajstić information content (AvgIpc) is 2.75. The lowest BCUT2D eigenvalue weighted by Gasteiger charge is -2.45. The third-order valence-corrected chi connectivity index (χ3v) is 6.73. The number of nitrogens with one attached hydrogen (secondary N) is 3. The van der Waals surface area contributed by atoms with E-state index < -0.39 is 0 Å². The summed E-state index contributed by atoms with van der Waals surface area (Å²) in [4.78, 5) is 13.7. The van der Waals surface area contributed by atoms with E-state index in [-0.39, 0.29) is 5.91 Å². The normalized spacial score (nSPS) is 20.5. The number of anilines is 4. The third-order valence-electron chi connectivity index (χ3n) is 6.22. The Morgan fingerprint density at radius 3 is 2.26 bits per heavy atom. The maximum Gasteiger partial charge on any atom is 0.221 e. The van der Waals surface area contributed by atoms with Gasteiger partial charge in [-0.2, -0.15) is 0 Å². The number of hydrogen-bond donors (Lipinski definition) is 3. The van der Waals surface area contributed by atoms with Gasteiger partial charge in [-0.15, -0.1) is 0 Å². The molecule has 2 aromatic carbocycles. The highest BCUT2D eigenvalue weighted by molar-refractivity contribution is 7.80. The molecule has 31 heavy (non-hydrogen) atoms. The van der Waals surface area contributed by atoms with Crippen LogP contribution in [-0.2, 0) is 4.79 Å². The predicted molar refractivity (Wildman–Crippen MR) is 134 cm³/mol. The van der Waals surface area contributed by atoms with Crippen molar-refractivity contribution < 1.29 is 4.79 Å². The van der Waals surface area contributed by atoms with Crippen molar-refractivity contribution in [2.45, 2.75) is 51.5 Å². The molecule has 2 aromatic rings. The Balaban J connectivity index is 1.39. The highest BCUT2D eigenvalue weighted by atomic mass is 35.5. The number of rotatable bonds is 4. The van der Waals surface area contributed by atoms with Gasteiger partial charge in [0.2, 0.25) is 5.91 Å². The van der Waals surface area contributed by atoms with E-state index in [2.05, 4.69) is 26.9 Å². The Morgan fingerprint density at radius 2 is 1.55 bits per heavy atom. The van der Waals surface area contributed by atoms with Gasteiger partial charge in [-0.05, 0) is 86.3 Å². The molecule has 1 heterocycles. The number of fused-ring (bicyclic) bond motifs is 1. The van der Waals surface area contributed by atoms with Gasteiger partial charge in [-0.1, -0.05) is 24.4 Å². The molecule has 7 heteroatoms. The first kappa shape index (κ1) is 21.9. The zero-order chi connectivity index (χ0) is 21.8. The molecule has 2 fully saturated rings. The van der Waals surface area contributed by atoms with Crippen LogP contribution in [0, 0.1) is 5.92 Å². The first-order valence-corrected chi connectivity index (χ1v) is 11.8. The summed E-state index contributed by atoms with van der Waals surface area (Å²) in [6.07, 6.45) is 7.91. The van der Waals surface area contributed by atoms with Gasteiger partial charge in [0.25, 0.3) is 0 Å². The molecular formula is C24H29ClN4OS. The van der Waals surface area contributed by atoms with Crippen molar-refractivity contribution in [3.05, 3.63) is 47.5 Å². The van der Waals surface area contributed by atoms with Gasteiger partial charge in [0, 0.05) is 36.6 Å². The fourth-order valence-electron chi connectivity index (χ4n) is 4.88. The minimum absolute atomic E-state index is 0.0956. The molecule has 2 unspecified atom stereocenters. The van der Waals surface area contributed by atoms with E-state index in [1.54, 1.807) is 0 Å². The number of carbonyl (C=O) groups excluding carboxylic acids is 1. The molecule has 1 aliphatic heterocycles. The second-order valence-electron chi connectivity index (χ2n) is 8.45. The molecule has 1 aliphatic carbocycles. The molecule has 2 atom stereocenters. The third kappa shape index (κ3) is 5.49. The van der Waals surface area contributed by atoms with Crippen LogP contribution in [0.3, 0.4) is 0 Å². The van der Waals surface area contributed by atoms with Crippen molar-refractivity contribution in [1.82, 2.24) is 0 Å². The SMILES string of the molecule is CC(=O)Nc1ccc(NC(=S)Nc2ccc(N3CCCC4CCCCC43)c(Cl)c2)cc1. The van der Waals surface area contributed by atoms with Crippen molar-refractivity contribution in [3.8, 4) is 0 Å². The molecule has 4 rings (SSSR count). The maximum atomic E-state index is 11.1. The van der Waals surface area contributed by atoms with E-state index >= 15 is 0 Å². The summed E-state index contributed by atoms with van der Waals surface area (Å²) in [5.41, 5.74) is 3.58. The Hall–Kier alpha value is -2.31. The molecule has 1 amide bonds. The van der Waals surface area contributed by atoms with E-state index in [0.717, 1.165) is 40.2 Å². The minimum Gasteiger partial charge on any atom is -0.367 e. The molecule has 0 aromatic heterocycles. The van der Waals surface area contributed by atoms with Gasteiger partial charge in [-0.3, -0.25) is 4.79 Å². The highest BCUT2D eigenvalue weighted by Crippen LogP contribution is 2.40. The van der Waals surface area contributed by atoms with Gasteiger partial charge < -0.3 is 20.9 Å². The van der Waals surface area contributed by atoms with Crippen LogP contribution in [0.5, 0.6) is 0 Å². The van der Waals surface area contributed by atoms with Gasteiger partial charge in [-0.25, -0.2) is 0 Å². The molecule has 1 saturated heterocycles. The van der Waals surface area contributed by atoms with Gasteiger partial charge >= 0.3 is 0 Å². The Bertz CT molecular complexity index is 947. The molecule has 0 radical (unpaired) electrons. The number of benzene rings is 2. The summed E-state index contributed by atoms with van der Waals surface area (Å²) >= 11 is 12.2. The summed E-state index contributed by atoms with van der Waals surface area (Å²) in [6, 6.07) is 14.1. The van der Waals surface area contributed by atoms with Crippen LogP contribution >= 0.6 is 23.8 Å². The number of halogens is 1. The molecule has 2 aliphatic rings. The zero-order valence-electron chi connectivity index (χ0n) is 17.8. The quantitative estimate of drug-likeness (QED) is 0.473. The van der Waals surface area contributed by atoms with Crippen molar-refractivity contribution >= 4 is 57.6 Å². The molecule has 0 bridgehead atoms. The van der Waals surface area contributed by atoms with E-state index in [4.69, 9.17) is 23.8 Å². The Labute approximate surface area is 194 Å². The van der Waals surface area contributed by atoms with Crippen LogP contribution in [-0.4, -0.2) is 23.6 Å². The van der Waals surface area contributed by atoms with Gasteiger partial charge in [0.1, 0.15) is 0 Å². The maximum absolute atomic E-state index is 11.1. The number of hydrogen-bond acceptors (Lipinski definition) is 3. The van der Waals surface area contributed by atoms with E-state index in [9.17, 15) is 4.79 Å². The number of thiocarbonyl (C=S) groups is 1. The van der Waals surface area contributed by atoms with Crippen LogP contribution in [0.2, 0.25) is 5.02 Å². The first-order valence-electron chi connectivity index (χ1n) is 11.0. The number of nitrogens with zero attached hydrogens (tertiary/aromatic N) is 1. The fourth-order valence-corrected chi connectivity index (χ4v) is 5.40. The topological polar surface area (TPSA) is 56.4 Å². The summed E-state index contributed by atoms with van der Waals surface area (Å²) < 4.78 is 0. The van der Waals surface area contributed by atoms with Crippen LogP contribution in [0.25, 0.3) is 0 Å². The Kier molecular flexibility index (Phi) is 6.98. The molecule has 5 nitrogen and oxygen atoms in total. The predicted octanol–water partition coefficient (Wildman–Crippen LogP) is 6.27. The number of amides is 1. The van der Waals surface area contributed by atoms with E-state index in [1.807, 2.05) is 36.4 Å². The van der Waals surface area contributed by atoms with Crippen LogP contribution in [0.4, 0.5) is 22.7 Å².